The number of hydrogen-bond donors (Lipinski definition) is 0. The fourth-order valence-electron chi connectivity index (χ4n) is 3.16. The summed E-state index contributed by atoms with van der Waals surface area (Å²) in [5.74, 6) is -0.0498. The molecule has 27 heavy (non-hydrogen) atoms. The first-order chi connectivity index (χ1) is 13.0. The molecule has 132 valence electrons. The van der Waals surface area contributed by atoms with Crippen molar-refractivity contribution >= 4 is 39.9 Å². The Bertz CT molecular complexity index is 1170. The third kappa shape index (κ3) is 3.59. The third-order valence-electron chi connectivity index (χ3n) is 4.44. The van der Waals surface area contributed by atoms with E-state index in [4.69, 9.17) is 23.2 Å². The molecular formula is C23H15Cl2NO. The Hall–Kier alpha value is -2.68. The Labute approximate surface area is 167 Å². The van der Waals surface area contributed by atoms with E-state index < -0.39 is 0 Å². The van der Waals surface area contributed by atoms with Crippen LogP contribution in [0.15, 0.2) is 72.8 Å². The van der Waals surface area contributed by atoms with Gasteiger partial charge in [-0.1, -0.05) is 35.3 Å². The molecule has 0 saturated carbocycles. The second-order valence-electron chi connectivity index (χ2n) is 6.39. The first-order valence-corrected chi connectivity index (χ1v) is 9.24. The van der Waals surface area contributed by atoms with Gasteiger partial charge in [-0.25, -0.2) is 0 Å². The predicted molar refractivity (Wildman–Crippen MR) is 112 cm³/mol. The molecule has 0 unspecified atom stereocenters. The van der Waals surface area contributed by atoms with Crippen LogP contribution >= 0.6 is 23.2 Å². The minimum Gasteiger partial charge on any atom is -0.289 e. The van der Waals surface area contributed by atoms with Crippen LogP contribution in [0.25, 0.3) is 22.0 Å². The van der Waals surface area contributed by atoms with Gasteiger partial charge >= 0.3 is 0 Å². The van der Waals surface area contributed by atoms with E-state index in [1.165, 1.54) is 0 Å². The van der Waals surface area contributed by atoms with Crippen molar-refractivity contribution in [3.8, 4) is 11.1 Å². The lowest BCUT2D eigenvalue weighted by Crippen LogP contribution is -2.01. The second kappa shape index (κ2) is 7.15. The lowest BCUT2D eigenvalue weighted by atomic mass is 9.96. The maximum atomic E-state index is 12.9. The molecule has 2 nitrogen and oxygen atoms in total. The highest BCUT2D eigenvalue weighted by Crippen LogP contribution is 2.31. The molecule has 0 radical (unpaired) electrons. The molecular weight excluding hydrogens is 377 g/mol. The number of hydrogen-bond acceptors (Lipinski definition) is 2. The molecule has 0 atom stereocenters. The Morgan fingerprint density at radius 2 is 1.56 bits per heavy atom. The van der Waals surface area contributed by atoms with Gasteiger partial charge in [-0.15, -0.1) is 0 Å². The number of halogens is 2. The zero-order chi connectivity index (χ0) is 19.0. The Morgan fingerprint density at radius 1 is 0.815 bits per heavy atom. The van der Waals surface area contributed by atoms with E-state index in [9.17, 15) is 4.79 Å². The summed E-state index contributed by atoms with van der Waals surface area (Å²) in [5, 5.41) is 2.19. The molecule has 0 aliphatic heterocycles. The monoisotopic (exact) mass is 391 g/mol. The van der Waals surface area contributed by atoms with E-state index in [2.05, 4.69) is 4.98 Å². The van der Waals surface area contributed by atoms with E-state index in [0.717, 1.165) is 27.7 Å². The van der Waals surface area contributed by atoms with Gasteiger partial charge in [-0.2, -0.15) is 0 Å². The number of aryl methyl sites for hydroxylation is 1. The van der Waals surface area contributed by atoms with Crippen LogP contribution in [0.2, 0.25) is 10.0 Å². The van der Waals surface area contributed by atoms with E-state index in [0.29, 0.717) is 21.2 Å². The lowest BCUT2D eigenvalue weighted by molar-refractivity contribution is 0.103. The summed E-state index contributed by atoms with van der Waals surface area (Å²) in [6, 6.07) is 22.2. The van der Waals surface area contributed by atoms with Crippen LogP contribution in [-0.4, -0.2) is 10.8 Å². The summed E-state index contributed by atoms with van der Waals surface area (Å²) in [6.07, 6.45) is 0. The minimum atomic E-state index is -0.0498. The average Bonchev–Trinajstić information content (AvgIpc) is 2.67. The van der Waals surface area contributed by atoms with Gasteiger partial charge < -0.3 is 0 Å². The summed E-state index contributed by atoms with van der Waals surface area (Å²) in [7, 11) is 0. The van der Waals surface area contributed by atoms with Crippen molar-refractivity contribution in [1.29, 1.82) is 0 Å². The summed E-state index contributed by atoms with van der Waals surface area (Å²) < 4.78 is 0. The van der Waals surface area contributed by atoms with E-state index >= 15 is 0 Å². The number of nitrogens with zero attached hydrogens (tertiary/aromatic N) is 1. The number of benzene rings is 3. The van der Waals surface area contributed by atoms with Crippen molar-refractivity contribution in [2.45, 2.75) is 6.92 Å². The van der Waals surface area contributed by atoms with Gasteiger partial charge in [-0.3, -0.25) is 9.78 Å². The summed E-state index contributed by atoms with van der Waals surface area (Å²) in [6.45, 7) is 1.96. The predicted octanol–water partition coefficient (Wildman–Crippen LogP) is 6.75. The molecule has 0 fully saturated rings. The van der Waals surface area contributed by atoms with Gasteiger partial charge in [0, 0.05) is 32.3 Å². The lowest BCUT2D eigenvalue weighted by Gasteiger charge is -2.10. The topological polar surface area (TPSA) is 30.0 Å². The van der Waals surface area contributed by atoms with Crippen LogP contribution in [-0.2, 0) is 0 Å². The van der Waals surface area contributed by atoms with Crippen molar-refractivity contribution in [3.63, 3.8) is 0 Å². The fraction of sp³-hybridized carbons (Fsp3) is 0.0435. The summed E-state index contributed by atoms with van der Waals surface area (Å²) in [5.41, 5.74) is 4.97. The minimum absolute atomic E-state index is 0.0498. The van der Waals surface area contributed by atoms with Crippen molar-refractivity contribution in [2.24, 2.45) is 0 Å². The molecule has 0 aliphatic rings. The third-order valence-corrected chi connectivity index (χ3v) is 4.93. The highest BCUT2D eigenvalue weighted by atomic mass is 35.5. The van der Waals surface area contributed by atoms with Crippen LogP contribution in [0.4, 0.5) is 0 Å². The largest absolute Gasteiger partial charge is 0.289 e. The number of ketones is 1. The van der Waals surface area contributed by atoms with Gasteiger partial charge in [0.2, 0.25) is 0 Å². The van der Waals surface area contributed by atoms with Crippen LogP contribution in [0.3, 0.4) is 0 Å². The smallest absolute Gasteiger partial charge is 0.193 e. The fourth-order valence-corrected chi connectivity index (χ4v) is 3.48. The van der Waals surface area contributed by atoms with Gasteiger partial charge in [0.1, 0.15) is 0 Å². The Balaban J connectivity index is 1.88. The van der Waals surface area contributed by atoms with Gasteiger partial charge in [-0.05, 0) is 78.7 Å². The molecule has 0 N–H and O–H groups in total. The number of fused-ring (bicyclic) bond motifs is 1. The average molecular weight is 392 g/mol. The first kappa shape index (κ1) is 17.7. The number of carbonyl (C=O) groups is 1. The summed E-state index contributed by atoms with van der Waals surface area (Å²) in [4.78, 5) is 17.5. The number of pyridine rings is 1. The molecule has 1 aromatic heterocycles. The zero-order valence-electron chi connectivity index (χ0n) is 14.5. The molecule has 0 amide bonds. The SMILES string of the molecule is Cc1cc(-c2cccc(Cl)c2)c2cc(C(=O)c3ccc(Cl)cc3)ccc2n1. The second-order valence-corrected chi connectivity index (χ2v) is 7.26. The van der Waals surface area contributed by atoms with Crippen molar-refractivity contribution in [2.75, 3.05) is 0 Å². The number of aromatic nitrogens is 1. The quantitative estimate of drug-likeness (QED) is 0.361. The van der Waals surface area contributed by atoms with Crippen LogP contribution in [0.5, 0.6) is 0 Å². The Morgan fingerprint density at radius 3 is 2.30 bits per heavy atom. The van der Waals surface area contributed by atoms with E-state index in [1.807, 2.05) is 55.5 Å². The van der Waals surface area contributed by atoms with Gasteiger partial charge in [0.05, 0.1) is 5.52 Å². The number of rotatable bonds is 3. The van der Waals surface area contributed by atoms with Crippen LogP contribution < -0.4 is 0 Å². The van der Waals surface area contributed by atoms with Gasteiger partial charge in [0.15, 0.2) is 5.78 Å². The molecule has 0 saturated heterocycles. The van der Waals surface area contributed by atoms with Crippen molar-refractivity contribution in [3.05, 3.63) is 99.7 Å². The highest BCUT2D eigenvalue weighted by Gasteiger charge is 2.13. The zero-order valence-corrected chi connectivity index (χ0v) is 16.1. The molecule has 3 aromatic carbocycles. The highest BCUT2D eigenvalue weighted by molar-refractivity contribution is 6.31. The molecule has 4 heteroatoms. The van der Waals surface area contributed by atoms with Gasteiger partial charge in [0.25, 0.3) is 0 Å². The van der Waals surface area contributed by atoms with E-state index in [1.54, 1.807) is 24.3 Å². The van der Waals surface area contributed by atoms with Crippen LogP contribution in [0.1, 0.15) is 21.6 Å². The van der Waals surface area contributed by atoms with Crippen LogP contribution in [0, 0.1) is 6.92 Å². The molecule has 4 aromatic rings. The maximum absolute atomic E-state index is 12.9. The molecule has 0 bridgehead atoms. The maximum Gasteiger partial charge on any atom is 0.193 e. The molecule has 0 aliphatic carbocycles. The molecule has 4 rings (SSSR count). The molecule has 0 spiro atoms. The van der Waals surface area contributed by atoms with Crippen molar-refractivity contribution < 1.29 is 4.79 Å². The van der Waals surface area contributed by atoms with E-state index in [-0.39, 0.29) is 5.78 Å². The first-order valence-electron chi connectivity index (χ1n) is 8.49. The normalized spacial score (nSPS) is 10.9. The Kier molecular flexibility index (Phi) is 4.69. The summed E-state index contributed by atoms with van der Waals surface area (Å²) >= 11 is 12.1. The van der Waals surface area contributed by atoms with Crippen molar-refractivity contribution in [1.82, 2.24) is 4.98 Å². The molecule has 1 heterocycles. The number of carbonyl (C=O) groups excluding carboxylic acids is 1. The standard InChI is InChI=1S/C23H15Cl2NO/c1-14-11-20(16-3-2-4-19(25)12-16)21-13-17(7-10-22(21)26-14)23(27)15-5-8-18(24)9-6-15/h2-13H,1H3.